The number of carbonyl (C=O) groups excluding carboxylic acids is 2. The lowest BCUT2D eigenvalue weighted by Crippen LogP contribution is -2.30. The predicted molar refractivity (Wildman–Crippen MR) is 165 cm³/mol. The smallest absolute Gasteiger partial charge is 0.239 e. The Morgan fingerprint density at radius 2 is 1.60 bits per heavy atom. The molecule has 0 aliphatic rings. The third-order valence-corrected chi connectivity index (χ3v) is 7.94. The number of rotatable bonds is 10. The van der Waals surface area contributed by atoms with Crippen molar-refractivity contribution in [2.45, 2.75) is 25.3 Å². The fourth-order valence-corrected chi connectivity index (χ4v) is 5.11. The molecule has 2 amide bonds. The van der Waals surface area contributed by atoms with E-state index in [2.05, 4.69) is 20.9 Å². The number of nitrogens with two attached hydrogens (primary N) is 1. The highest BCUT2D eigenvalue weighted by atomic mass is 32.2. The number of amides is 2. The van der Waals surface area contributed by atoms with Gasteiger partial charge in [0.1, 0.15) is 5.82 Å². The molecular weight excluding hydrogens is 558 g/mol. The van der Waals surface area contributed by atoms with E-state index in [-0.39, 0.29) is 35.6 Å². The van der Waals surface area contributed by atoms with Gasteiger partial charge in [-0.15, -0.1) is 0 Å². The third kappa shape index (κ3) is 8.58. The van der Waals surface area contributed by atoms with Crippen LogP contribution in [-0.4, -0.2) is 51.7 Å². The molecule has 0 saturated heterocycles. The first-order chi connectivity index (χ1) is 20.1. The number of pyridine rings is 1. The van der Waals surface area contributed by atoms with E-state index in [4.69, 9.17) is 15.2 Å². The number of fused-ring (bicyclic) bond motifs is 1. The Hall–Kier alpha value is -4.84. The molecular formula is C30H35N5O6S. The maximum atomic E-state index is 12.4. The number of nitrogens with one attached hydrogen (secondary N) is 3. The molecule has 12 heteroatoms. The van der Waals surface area contributed by atoms with Crippen LogP contribution in [0.25, 0.3) is 10.8 Å². The monoisotopic (exact) mass is 593 g/mol. The summed E-state index contributed by atoms with van der Waals surface area (Å²) in [5.74, 6) is 1.31. The second kappa shape index (κ2) is 14.7. The molecule has 0 unspecified atom stereocenters. The Bertz CT molecular complexity index is 1640. The van der Waals surface area contributed by atoms with Gasteiger partial charge in [0.25, 0.3) is 0 Å². The molecule has 0 spiro atoms. The van der Waals surface area contributed by atoms with Crippen LogP contribution in [0, 0.1) is 0 Å². The number of sulfone groups is 1. The number of para-hydroxylation sites is 2. The fraction of sp³-hybridized carbons (Fsp3) is 0.233. The van der Waals surface area contributed by atoms with Gasteiger partial charge in [-0.2, -0.15) is 0 Å². The van der Waals surface area contributed by atoms with Crippen LogP contribution in [0.4, 0.5) is 17.2 Å². The molecule has 1 heterocycles. The highest BCUT2D eigenvalue weighted by Gasteiger charge is 2.18. The van der Waals surface area contributed by atoms with Crippen LogP contribution in [0.3, 0.4) is 0 Å². The molecule has 0 saturated carbocycles. The van der Waals surface area contributed by atoms with Crippen LogP contribution in [0.1, 0.15) is 19.4 Å². The lowest BCUT2D eigenvalue weighted by atomic mass is 10.1. The number of ether oxygens (including phenoxy) is 2. The topological polar surface area (TPSA) is 162 Å². The Balaban J connectivity index is 0.000000408. The molecule has 4 rings (SSSR count). The van der Waals surface area contributed by atoms with Gasteiger partial charge in [0.15, 0.2) is 21.3 Å². The largest absolute Gasteiger partial charge is 0.493 e. The van der Waals surface area contributed by atoms with Gasteiger partial charge in [-0.05, 0) is 65.5 Å². The predicted octanol–water partition coefficient (Wildman–Crippen LogP) is 4.00. The van der Waals surface area contributed by atoms with Gasteiger partial charge in [-0.1, -0.05) is 19.1 Å². The summed E-state index contributed by atoms with van der Waals surface area (Å²) in [6, 6.07) is 19.4. The van der Waals surface area contributed by atoms with Crippen molar-refractivity contribution in [3.8, 4) is 11.5 Å². The van der Waals surface area contributed by atoms with Gasteiger partial charge in [0.2, 0.25) is 11.8 Å². The van der Waals surface area contributed by atoms with Gasteiger partial charge < -0.3 is 31.2 Å². The van der Waals surface area contributed by atoms with Crippen LogP contribution in [0.2, 0.25) is 0 Å². The summed E-state index contributed by atoms with van der Waals surface area (Å²) in [6.45, 7) is 2.91. The summed E-state index contributed by atoms with van der Waals surface area (Å²) in [7, 11) is -0.251. The average Bonchev–Trinajstić information content (AvgIpc) is 2.99. The first-order valence-corrected chi connectivity index (χ1v) is 14.7. The van der Waals surface area contributed by atoms with Crippen molar-refractivity contribution in [3.05, 3.63) is 78.5 Å². The lowest BCUT2D eigenvalue weighted by Gasteiger charge is -2.14. The van der Waals surface area contributed by atoms with Crippen molar-refractivity contribution >= 4 is 49.6 Å². The van der Waals surface area contributed by atoms with Gasteiger partial charge in [0.05, 0.1) is 31.4 Å². The average molecular weight is 594 g/mol. The normalized spacial score (nSPS) is 10.7. The van der Waals surface area contributed by atoms with Gasteiger partial charge in [0, 0.05) is 36.4 Å². The molecule has 4 aromatic rings. The Kier molecular flexibility index (Phi) is 11.1. The van der Waals surface area contributed by atoms with Crippen molar-refractivity contribution in [2.75, 3.05) is 42.9 Å². The maximum absolute atomic E-state index is 12.4. The quantitative estimate of drug-likeness (QED) is 0.213. The molecule has 0 fully saturated rings. The van der Waals surface area contributed by atoms with E-state index in [1.54, 1.807) is 39.5 Å². The van der Waals surface area contributed by atoms with Crippen molar-refractivity contribution in [2.24, 2.45) is 0 Å². The van der Waals surface area contributed by atoms with Crippen molar-refractivity contribution in [1.82, 2.24) is 10.3 Å². The van der Waals surface area contributed by atoms with E-state index in [1.165, 1.54) is 19.1 Å². The Morgan fingerprint density at radius 3 is 2.21 bits per heavy atom. The first-order valence-electron chi connectivity index (χ1n) is 13.0. The molecule has 5 N–H and O–H groups in total. The van der Waals surface area contributed by atoms with Gasteiger partial charge >= 0.3 is 0 Å². The Morgan fingerprint density at radius 1 is 0.929 bits per heavy atom. The number of carbonyl (C=O) groups is 2. The number of nitrogens with zero attached hydrogens (tertiary/aromatic N) is 1. The standard InChI is InChI=1S/C22H25N5O4S.C8H10O2/c1-3-32(30,31)20-7-5-18(27-14(2)28)11-16(20)12-26-21(29)13-25-17-4-6-19-15(10-17)8-9-24-22(19)23;1-9-7-5-3-4-6-8(7)10-2/h4-11,25H,3,12-13H2,1-2H3,(H2,23,24)(H,26,29)(H,27,28);3-6H,1-2H3. The first kappa shape index (κ1) is 31.7. The van der Waals surface area contributed by atoms with E-state index in [0.29, 0.717) is 17.1 Å². The number of methoxy groups -OCH3 is 2. The molecule has 0 radical (unpaired) electrons. The maximum Gasteiger partial charge on any atom is 0.239 e. The summed E-state index contributed by atoms with van der Waals surface area (Å²) in [5.41, 5.74) is 7.45. The second-order valence-corrected chi connectivity index (χ2v) is 11.3. The molecule has 11 nitrogen and oxygen atoms in total. The van der Waals surface area contributed by atoms with Crippen LogP contribution in [0.15, 0.2) is 77.8 Å². The fourth-order valence-electron chi connectivity index (χ4n) is 3.99. The van der Waals surface area contributed by atoms with Crippen LogP contribution in [-0.2, 0) is 26.0 Å². The summed E-state index contributed by atoms with van der Waals surface area (Å²) in [4.78, 5) is 27.9. The highest BCUT2D eigenvalue weighted by Crippen LogP contribution is 2.25. The van der Waals surface area contributed by atoms with E-state index in [0.717, 1.165) is 28.0 Å². The molecule has 0 aliphatic heterocycles. The van der Waals surface area contributed by atoms with E-state index in [1.807, 2.05) is 42.5 Å². The molecule has 0 aliphatic carbocycles. The van der Waals surface area contributed by atoms with Crippen molar-refractivity contribution < 1.29 is 27.5 Å². The van der Waals surface area contributed by atoms with Crippen LogP contribution in [0.5, 0.6) is 11.5 Å². The minimum Gasteiger partial charge on any atom is -0.493 e. The third-order valence-electron chi connectivity index (χ3n) is 6.11. The highest BCUT2D eigenvalue weighted by molar-refractivity contribution is 7.91. The molecule has 0 atom stereocenters. The zero-order chi connectivity index (χ0) is 30.7. The zero-order valence-corrected chi connectivity index (χ0v) is 24.7. The minimum atomic E-state index is -3.50. The molecule has 0 bridgehead atoms. The van der Waals surface area contributed by atoms with Crippen LogP contribution >= 0.6 is 0 Å². The van der Waals surface area contributed by atoms with Gasteiger partial charge in [-0.25, -0.2) is 13.4 Å². The molecule has 222 valence electrons. The summed E-state index contributed by atoms with van der Waals surface area (Å²) in [5, 5.41) is 10.1. The van der Waals surface area contributed by atoms with Crippen LogP contribution < -0.4 is 31.2 Å². The molecule has 3 aromatic carbocycles. The van der Waals surface area contributed by atoms with E-state index < -0.39 is 9.84 Å². The van der Waals surface area contributed by atoms with E-state index in [9.17, 15) is 18.0 Å². The molecule has 1 aromatic heterocycles. The number of nitrogen functional groups attached to an aromatic ring is 1. The number of aromatic nitrogens is 1. The summed E-state index contributed by atoms with van der Waals surface area (Å²) < 4.78 is 34.9. The summed E-state index contributed by atoms with van der Waals surface area (Å²) in [6.07, 6.45) is 1.62. The van der Waals surface area contributed by atoms with Crippen molar-refractivity contribution in [3.63, 3.8) is 0 Å². The number of hydrogen-bond donors (Lipinski definition) is 4. The van der Waals surface area contributed by atoms with Gasteiger partial charge in [-0.3, -0.25) is 9.59 Å². The second-order valence-electron chi connectivity index (χ2n) is 9.02. The number of anilines is 3. The summed E-state index contributed by atoms with van der Waals surface area (Å²) >= 11 is 0. The number of hydrogen-bond acceptors (Lipinski definition) is 9. The lowest BCUT2D eigenvalue weighted by molar-refractivity contribution is -0.119. The van der Waals surface area contributed by atoms with E-state index >= 15 is 0 Å². The van der Waals surface area contributed by atoms with Crippen molar-refractivity contribution in [1.29, 1.82) is 0 Å². The molecule has 42 heavy (non-hydrogen) atoms. The zero-order valence-electron chi connectivity index (χ0n) is 23.9. The minimum absolute atomic E-state index is 0.00241. The SMILES string of the molecule is CCS(=O)(=O)c1ccc(NC(C)=O)cc1CNC(=O)CNc1ccc2c(N)nccc2c1.COc1ccccc1OC. The Labute approximate surface area is 245 Å². The number of benzene rings is 3.